The van der Waals surface area contributed by atoms with Crippen LogP contribution in [-0.2, 0) is 0 Å². The first-order chi connectivity index (χ1) is 10.2. The third-order valence-corrected chi connectivity index (χ3v) is 3.24. The highest BCUT2D eigenvalue weighted by molar-refractivity contribution is 6.03. The number of hydrogen-bond acceptors (Lipinski definition) is 3. The maximum absolute atomic E-state index is 12.0. The topological polar surface area (TPSA) is 90.1 Å². The van der Waals surface area contributed by atoms with Gasteiger partial charge in [-0.15, -0.1) is 0 Å². The number of nitrogens with zero attached hydrogens (tertiary/aromatic N) is 2. The molecule has 0 spiro atoms. The fourth-order valence-electron chi connectivity index (χ4n) is 2.21. The van der Waals surface area contributed by atoms with Crippen LogP contribution >= 0.6 is 0 Å². The summed E-state index contributed by atoms with van der Waals surface area (Å²) in [7, 11) is 0. The smallest absolute Gasteiger partial charge is 0.321 e. The van der Waals surface area contributed by atoms with Crippen LogP contribution in [0, 0.1) is 0 Å². The molecule has 0 bridgehead atoms. The van der Waals surface area contributed by atoms with Crippen molar-refractivity contribution >= 4 is 23.3 Å². The van der Waals surface area contributed by atoms with Crippen LogP contribution in [0.4, 0.5) is 16.2 Å². The number of aromatic amines is 1. The van der Waals surface area contributed by atoms with Crippen molar-refractivity contribution in [3.05, 3.63) is 42.2 Å². The average molecular weight is 285 g/mol. The second-order valence-electron chi connectivity index (χ2n) is 4.71. The van der Waals surface area contributed by atoms with E-state index in [0.717, 1.165) is 12.1 Å². The second-order valence-corrected chi connectivity index (χ2v) is 4.71. The van der Waals surface area contributed by atoms with Crippen molar-refractivity contribution in [3.8, 4) is 0 Å². The van der Waals surface area contributed by atoms with Gasteiger partial charge in [0.1, 0.15) is 5.69 Å². The lowest BCUT2D eigenvalue weighted by Gasteiger charge is -2.27. The Labute approximate surface area is 121 Å². The van der Waals surface area contributed by atoms with Crippen LogP contribution < -0.4 is 15.5 Å². The SMILES string of the molecule is O=C(Nc1cccc(N2CCCNC2=O)c1)c1ccn[nH]1. The van der Waals surface area contributed by atoms with Gasteiger partial charge in [-0.2, -0.15) is 5.10 Å². The Morgan fingerprint density at radius 2 is 2.24 bits per heavy atom. The van der Waals surface area contributed by atoms with Gasteiger partial charge in [-0.3, -0.25) is 14.8 Å². The number of H-pyrrole nitrogens is 1. The van der Waals surface area contributed by atoms with E-state index in [9.17, 15) is 9.59 Å². The van der Waals surface area contributed by atoms with Gasteiger partial charge < -0.3 is 10.6 Å². The van der Waals surface area contributed by atoms with E-state index >= 15 is 0 Å². The molecule has 1 aromatic carbocycles. The summed E-state index contributed by atoms with van der Waals surface area (Å²) in [5, 5.41) is 11.9. The van der Waals surface area contributed by atoms with Gasteiger partial charge in [-0.05, 0) is 30.7 Å². The number of hydrogen-bond donors (Lipinski definition) is 3. The van der Waals surface area contributed by atoms with E-state index in [0.29, 0.717) is 24.5 Å². The van der Waals surface area contributed by atoms with E-state index in [4.69, 9.17) is 0 Å². The van der Waals surface area contributed by atoms with Crippen LogP contribution in [0.5, 0.6) is 0 Å². The monoisotopic (exact) mass is 285 g/mol. The molecule has 7 heteroatoms. The number of carbonyl (C=O) groups excluding carboxylic acids is 2. The predicted octanol–water partition coefficient (Wildman–Crippen LogP) is 1.58. The molecule has 3 N–H and O–H groups in total. The van der Waals surface area contributed by atoms with Crippen LogP contribution in [0.2, 0.25) is 0 Å². The molecule has 2 aromatic rings. The Bertz CT molecular complexity index is 653. The van der Waals surface area contributed by atoms with Gasteiger partial charge in [-0.25, -0.2) is 4.79 Å². The molecule has 1 aliphatic heterocycles. The lowest BCUT2D eigenvalue weighted by Crippen LogP contribution is -2.46. The first kappa shape index (κ1) is 13.2. The zero-order chi connectivity index (χ0) is 14.7. The van der Waals surface area contributed by atoms with Crippen LogP contribution in [0.25, 0.3) is 0 Å². The third-order valence-electron chi connectivity index (χ3n) is 3.24. The average Bonchev–Trinajstić information content (AvgIpc) is 3.02. The molecule has 1 aromatic heterocycles. The van der Waals surface area contributed by atoms with Crippen LogP contribution in [-0.4, -0.2) is 35.2 Å². The highest BCUT2D eigenvalue weighted by Crippen LogP contribution is 2.21. The lowest BCUT2D eigenvalue weighted by molar-refractivity contribution is 0.102. The number of nitrogens with one attached hydrogen (secondary N) is 3. The van der Waals surface area contributed by atoms with Crippen molar-refractivity contribution in [2.75, 3.05) is 23.3 Å². The molecule has 21 heavy (non-hydrogen) atoms. The summed E-state index contributed by atoms with van der Waals surface area (Å²) in [5.74, 6) is -0.271. The molecule has 3 amide bonds. The normalized spacial score (nSPS) is 14.7. The van der Waals surface area contributed by atoms with Gasteiger partial charge in [-0.1, -0.05) is 6.07 Å². The number of amides is 3. The van der Waals surface area contributed by atoms with Crippen molar-refractivity contribution in [1.29, 1.82) is 0 Å². The molecule has 108 valence electrons. The lowest BCUT2D eigenvalue weighted by atomic mass is 10.2. The molecule has 3 rings (SSSR count). The van der Waals surface area contributed by atoms with Crippen molar-refractivity contribution in [1.82, 2.24) is 15.5 Å². The minimum atomic E-state index is -0.271. The molecule has 1 saturated heterocycles. The molecule has 0 aliphatic carbocycles. The summed E-state index contributed by atoms with van der Waals surface area (Å²) in [5.41, 5.74) is 1.77. The maximum Gasteiger partial charge on any atom is 0.321 e. The molecule has 7 nitrogen and oxygen atoms in total. The summed E-state index contributed by atoms with van der Waals surface area (Å²) in [6, 6.07) is 8.69. The van der Waals surface area contributed by atoms with E-state index in [1.54, 1.807) is 29.2 Å². The van der Waals surface area contributed by atoms with E-state index < -0.39 is 0 Å². The van der Waals surface area contributed by atoms with Gasteiger partial charge in [0.15, 0.2) is 0 Å². The highest BCUT2D eigenvalue weighted by Gasteiger charge is 2.19. The molecule has 0 unspecified atom stereocenters. The van der Waals surface area contributed by atoms with Crippen molar-refractivity contribution in [3.63, 3.8) is 0 Å². The number of urea groups is 1. The molecular formula is C14H15N5O2. The van der Waals surface area contributed by atoms with E-state index in [1.165, 1.54) is 6.20 Å². The Hall–Kier alpha value is -2.83. The van der Waals surface area contributed by atoms with Crippen LogP contribution in [0.1, 0.15) is 16.9 Å². The third kappa shape index (κ3) is 2.86. The van der Waals surface area contributed by atoms with E-state index in [2.05, 4.69) is 20.8 Å². The molecule has 0 atom stereocenters. The largest absolute Gasteiger partial charge is 0.338 e. The summed E-state index contributed by atoms with van der Waals surface area (Å²) in [6.45, 7) is 1.37. The maximum atomic E-state index is 12.0. The fraction of sp³-hybridized carbons (Fsp3) is 0.214. The Morgan fingerprint density at radius 3 is 3.00 bits per heavy atom. The van der Waals surface area contributed by atoms with Gasteiger partial charge >= 0.3 is 6.03 Å². The Kier molecular flexibility index (Phi) is 3.55. The number of anilines is 2. The van der Waals surface area contributed by atoms with Crippen molar-refractivity contribution in [2.45, 2.75) is 6.42 Å². The van der Waals surface area contributed by atoms with E-state index in [-0.39, 0.29) is 11.9 Å². The first-order valence-corrected chi connectivity index (χ1v) is 6.70. The van der Waals surface area contributed by atoms with Gasteiger partial charge in [0.2, 0.25) is 0 Å². The van der Waals surface area contributed by atoms with Crippen LogP contribution in [0.3, 0.4) is 0 Å². The number of rotatable bonds is 3. The molecular weight excluding hydrogens is 270 g/mol. The molecule has 1 fully saturated rings. The zero-order valence-electron chi connectivity index (χ0n) is 11.3. The van der Waals surface area contributed by atoms with Crippen molar-refractivity contribution in [2.24, 2.45) is 0 Å². The van der Waals surface area contributed by atoms with Gasteiger partial charge in [0.05, 0.1) is 0 Å². The minimum Gasteiger partial charge on any atom is -0.338 e. The molecule has 1 aliphatic rings. The summed E-state index contributed by atoms with van der Waals surface area (Å²) in [6.07, 6.45) is 2.42. The summed E-state index contributed by atoms with van der Waals surface area (Å²) < 4.78 is 0. The Balaban J connectivity index is 1.77. The number of benzene rings is 1. The molecule has 2 heterocycles. The quantitative estimate of drug-likeness (QED) is 0.799. The van der Waals surface area contributed by atoms with Crippen LogP contribution in [0.15, 0.2) is 36.5 Å². The van der Waals surface area contributed by atoms with Crippen molar-refractivity contribution < 1.29 is 9.59 Å². The fourth-order valence-corrected chi connectivity index (χ4v) is 2.21. The minimum absolute atomic E-state index is 0.113. The number of carbonyl (C=O) groups is 2. The first-order valence-electron chi connectivity index (χ1n) is 6.70. The molecule has 0 saturated carbocycles. The zero-order valence-corrected chi connectivity index (χ0v) is 11.3. The predicted molar refractivity (Wildman–Crippen MR) is 78.3 cm³/mol. The highest BCUT2D eigenvalue weighted by atomic mass is 16.2. The summed E-state index contributed by atoms with van der Waals surface area (Å²) in [4.78, 5) is 25.4. The van der Waals surface area contributed by atoms with Gasteiger partial charge in [0.25, 0.3) is 5.91 Å². The standard InChI is InChI=1S/C14H15N5O2/c20-13(12-5-7-16-18-12)17-10-3-1-4-11(9-10)19-8-2-6-15-14(19)21/h1,3-5,7,9H,2,6,8H2,(H,15,21)(H,16,18)(H,17,20). The number of aromatic nitrogens is 2. The van der Waals surface area contributed by atoms with Gasteiger partial charge in [0, 0.05) is 30.7 Å². The molecule has 0 radical (unpaired) electrons. The second kappa shape index (κ2) is 5.66. The van der Waals surface area contributed by atoms with E-state index in [1.807, 2.05) is 6.07 Å². The Morgan fingerprint density at radius 1 is 1.33 bits per heavy atom. The summed E-state index contributed by atoms with van der Waals surface area (Å²) >= 11 is 0.